The second-order valence-corrected chi connectivity index (χ2v) is 3.89. The Morgan fingerprint density at radius 3 is 2.78 bits per heavy atom. The average molecular weight is 242 g/mol. The third-order valence-corrected chi connectivity index (χ3v) is 2.35. The molecule has 0 amide bonds. The van der Waals surface area contributed by atoms with Gasteiger partial charge in [0, 0.05) is 5.69 Å². The van der Waals surface area contributed by atoms with Crippen molar-refractivity contribution in [1.82, 2.24) is 4.98 Å². The van der Waals surface area contributed by atoms with E-state index in [1.807, 2.05) is 6.07 Å². The zero-order chi connectivity index (χ0) is 13.1. The van der Waals surface area contributed by atoms with Crippen molar-refractivity contribution in [3.05, 3.63) is 47.4 Å². The van der Waals surface area contributed by atoms with Gasteiger partial charge < -0.3 is 11.1 Å². The lowest BCUT2D eigenvalue weighted by atomic mass is 10.2. The minimum absolute atomic E-state index is 0.146. The first kappa shape index (κ1) is 11.9. The molecule has 2 rings (SSSR count). The highest BCUT2D eigenvalue weighted by atomic mass is 19.1. The number of benzene rings is 1. The molecule has 4 nitrogen and oxygen atoms in total. The highest BCUT2D eigenvalue weighted by Crippen LogP contribution is 2.19. The Labute approximate surface area is 104 Å². The van der Waals surface area contributed by atoms with Gasteiger partial charge in [-0.3, -0.25) is 0 Å². The molecular formula is C13H11FN4. The van der Waals surface area contributed by atoms with Crippen molar-refractivity contribution in [3.63, 3.8) is 0 Å². The number of nitrogens with zero attached hydrogens (tertiary/aromatic N) is 2. The Balaban J connectivity index is 2.31. The second-order valence-electron chi connectivity index (χ2n) is 3.89. The van der Waals surface area contributed by atoms with Gasteiger partial charge in [-0.05, 0) is 42.8 Å². The van der Waals surface area contributed by atoms with Crippen molar-refractivity contribution in [2.45, 2.75) is 6.92 Å². The summed E-state index contributed by atoms with van der Waals surface area (Å²) in [5, 5.41) is 11.7. The number of halogens is 1. The van der Waals surface area contributed by atoms with Crippen LogP contribution in [0.25, 0.3) is 0 Å². The zero-order valence-electron chi connectivity index (χ0n) is 9.74. The normalized spacial score (nSPS) is 9.83. The third-order valence-electron chi connectivity index (χ3n) is 2.35. The highest BCUT2D eigenvalue weighted by Gasteiger charge is 2.03. The smallest absolute Gasteiger partial charge is 0.165 e. The largest absolute Gasteiger partial charge is 0.396 e. The van der Waals surface area contributed by atoms with Crippen molar-refractivity contribution in [1.29, 1.82) is 5.26 Å². The summed E-state index contributed by atoms with van der Waals surface area (Å²) in [6, 6.07) is 9.69. The van der Waals surface area contributed by atoms with E-state index in [9.17, 15) is 4.39 Å². The van der Waals surface area contributed by atoms with Gasteiger partial charge in [-0.2, -0.15) is 5.26 Å². The lowest BCUT2D eigenvalue weighted by Crippen LogP contribution is -1.99. The van der Waals surface area contributed by atoms with Crippen LogP contribution in [-0.2, 0) is 0 Å². The van der Waals surface area contributed by atoms with Crippen LogP contribution in [0.15, 0.2) is 30.3 Å². The van der Waals surface area contributed by atoms with Crippen LogP contribution in [0.2, 0.25) is 0 Å². The number of nitrogens with two attached hydrogens (primary N) is 1. The minimum atomic E-state index is -0.326. The summed E-state index contributed by atoms with van der Waals surface area (Å²) in [7, 11) is 0. The molecule has 0 saturated heterocycles. The molecule has 0 spiro atoms. The summed E-state index contributed by atoms with van der Waals surface area (Å²) in [4.78, 5) is 4.03. The molecule has 0 radical (unpaired) electrons. The van der Waals surface area contributed by atoms with Crippen LogP contribution in [-0.4, -0.2) is 4.98 Å². The van der Waals surface area contributed by atoms with Crippen LogP contribution in [0.4, 0.5) is 21.6 Å². The van der Waals surface area contributed by atoms with E-state index in [0.29, 0.717) is 17.2 Å². The molecule has 5 heteroatoms. The van der Waals surface area contributed by atoms with E-state index < -0.39 is 0 Å². The summed E-state index contributed by atoms with van der Waals surface area (Å²) < 4.78 is 13.2. The molecule has 0 atom stereocenters. The van der Waals surface area contributed by atoms with Crippen LogP contribution in [0.5, 0.6) is 0 Å². The van der Waals surface area contributed by atoms with Gasteiger partial charge >= 0.3 is 0 Å². The lowest BCUT2D eigenvalue weighted by Gasteiger charge is -2.07. The molecule has 1 aromatic carbocycles. The molecule has 0 aliphatic rings. The van der Waals surface area contributed by atoms with Crippen molar-refractivity contribution >= 4 is 17.2 Å². The van der Waals surface area contributed by atoms with Gasteiger partial charge in [0.15, 0.2) is 5.69 Å². The number of nitrogens with one attached hydrogen (secondary N) is 1. The van der Waals surface area contributed by atoms with Gasteiger partial charge in [0.2, 0.25) is 0 Å². The zero-order valence-corrected chi connectivity index (χ0v) is 9.74. The monoisotopic (exact) mass is 242 g/mol. The van der Waals surface area contributed by atoms with E-state index >= 15 is 0 Å². The molecule has 0 bridgehead atoms. The molecular weight excluding hydrogens is 231 g/mol. The van der Waals surface area contributed by atoms with E-state index in [2.05, 4.69) is 10.3 Å². The average Bonchev–Trinajstić information content (AvgIpc) is 2.30. The number of hydrogen-bond donors (Lipinski definition) is 2. The number of nitriles is 1. The molecule has 90 valence electrons. The van der Waals surface area contributed by atoms with Gasteiger partial charge in [0.1, 0.15) is 17.7 Å². The van der Waals surface area contributed by atoms with Crippen molar-refractivity contribution < 1.29 is 4.39 Å². The SMILES string of the molecule is Cc1cc(F)cc(Nc2ccc(N)c(C#N)n2)c1. The molecule has 18 heavy (non-hydrogen) atoms. The van der Waals surface area contributed by atoms with E-state index in [-0.39, 0.29) is 11.5 Å². The van der Waals surface area contributed by atoms with E-state index in [1.54, 1.807) is 25.1 Å². The molecule has 0 unspecified atom stereocenters. The number of aryl methyl sites for hydroxylation is 1. The van der Waals surface area contributed by atoms with E-state index in [0.717, 1.165) is 5.56 Å². The fourth-order valence-corrected chi connectivity index (χ4v) is 1.59. The van der Waals surface area contributed by atoms with Gasteiger partial charge in [-0.25, -0.2) is 9.37 Å². The summed E-state index contributed by atoms with van der Waals surface area (Å²) in [5.41, 5.74) is 7.41. The number of aromatic nitrogens is 1. The molecule has 1 heterocycles. The van der Waals surface area contributed by atoms with Crippen molar-refractivity contribution in [2.24, 2.45) is 0 Å². The van der Waals surface area contributed by atoms with Crippen LogP contribution in [0, 0.1) is 24.1 Å². The first-order chi connectivity index (χ1) is 8.58. The number of pyridine rings is 1. The Hall–Kier alpha value is -2.61. The minimum Gasteiger partial charge on any atom is -0.396 e. The standard InChI is InChI=1S/C13H11FN4/c1-8-4-9(14)6-10(5-8)17-13-3-2-11(16)12(7-15)18-13/h2-6H,16H2,1H3,(H,17,18). The fourth-order valence-electron chi connectivity index (χ4n) is 1.59. The first-order valence-electron chi connectivity index (χ1n) is 5.29. The topological polar surface area (TPSA) is 74.7 Å². The second kappa shape index (κ2) is 4.72. The molecule has 3 N–H and O–H groups in total. The van der Waals surface area contributed by atoms with Crippen LogP contribution in [0.3, 0.4) is 0 Å². The maximum absolute atomic E-state index is 13.2. The molecule has 0 saturated carbocycles. The number of rotatable bonds is 2. The fraction of sp³-hybridized carbons (Fsp3) is 0.0769. The maximum Gasteiger partial charge on any atom is 0.165 e. The highest BCUT2D eigenvalue weighted by molar-refractivity contribution is 5.61. The maximum atomic E-state index is 13.2. The number of hydrogen-bond acceptors (Lipinski definition) is 4. The molecule has 0 fully saturated rings. The lowest BCUT2D eigenvalue weighted by molar-refractivity contribution is 0.627. The van der Waals surface area contributed by atoms with Crippen LogP contribution < -0.4 is 11.1 Å². The quantitative estimate of drug-likeness (QED) is 0.849. The van der Waals surface area contributed by atoms with Gasteiger partial charge in [0.25, 0.3) is 0 Å². The Morgan fingerprint density at radius 2 is 2.11 bits per heavy atom. The van der Waals surface area contributed by atoms with E-state index in [1.165, 1.54) is 12.1 Å². The van der Waals surface area contributed by atoms with Gasteiger partial charge in [-0.15, -0.1) is 0 Å². The summed E-state index contributed by atoms with van der Waals surface area (Å²) in [6.45, 7) is 1.80. The van der Waals surface area contributed by atoms with Crippen LogP contribution >= 0.6 is 0 Å². The first-order valence-corrected chi connectivity index (χ1v) is 5.29. The predicted octanol–water partition coefficient (Wildman–Crippen LogP) is 2.73. The van der Waals surface area contributed by atoms with Crippen LogP contribution in [0.1, 0.15) is 11.3 Å². The predicted molar refractivity (Wildman–Crippen MR) is 67.8 cm³/mol. The van der Waals surface area contributed by atoms with E-state index in [4.69, 9.17) is 11.0 Å². The number of nitrogen functional groups attached to an aromatic ring is 1. The summed E-state index contributed by atoms with van der Waals surface area (Å²) >= 11 is 0. The van der Waals surface area contributed by atoms with Gasteiger partial charge in [0.05, 0.1) is 5.69 Å². The molecule has 0 aliphatic heterocycles. The third kappa shape index (κ3) is 2.55. The van der Waals surface area contributed by atoms with Gasteiger partial charge in [-0.1, -0.05) is 0 Å². The molecule has 0 aliphatic carbocycles. The molecule has 2 aromatic rings. The van der Waals surface area contributed by atoms with Crippen molar-refractivity contribution in [2.75, 3.05) is 11.1 Å². The summed E-state index contributed by atoms with van der Waals surface area (Å²) in [6.07, 6.45) is 0. The Morgan fingerprint density at radius 1 is 1.33 bits per heavy atom. The molecule has 1 aromatic heterocycles. The number of anilines is 3. The summed E-state index contributed by atoms with van der Waals surface area (Å²) in [5.74, 6) is 0.124. The Kier molecular flexibility index (Phi) is 3.11. The Bertz CT molecular complexity index is 611. The van der Waals surface area contributed by atoms with Crippen molar-refractivity contribution in [3.8, 4) is 6.07 Å².